The zero-order valence-corrected chi connectivity index (χ0v) is 22.1. The molecule has 9 nitrogen and oxygen atoms in total. The van der Waals surface area contributed by atoms with Crippen LogP contribution in [0.15, 0.2) is 24.4 Å². The van der Waals surface area contributed by atoms with Crippen molar-refractivity contribution in [3.8, 4) is 28.7 Å². The Morgan fingerprint density at radius 2 is 1.86 bits per heavy atom. The highest BCUT2D eigenvalue weighted by atomic mass is 16.6. The summed E-state index contributed by atoms with van der Waals surface area (Å²) < 4.78 is 15.8. The summed E-state index contributed by atoms with van der Waals surface area (Å²) in [5.41, 5.74) is 2.58. The number of hydrogen-bond donors (Lipinski definition) is 0. The summed E-state index contributed by atoms with van der Waals surface area (Å²) in [5, 5.41) is 4.55. The zero-order chi connectivity index (χ0) is 25.6. The summed E-state index contributed by atoms with van der Waals surface area (Å²) in [6.07, 6.45) is 3.63. The smallest absolute Gasteiger partial charge is 0.410 e. The van der Waals surface area contributed by atoms with Crippen molar-refractivity contribution >= 4 is 6.09 Å². The molecule has 1 aromatic carbocycles. The lowest BCUT2D eigenvalue weighted by molar-refractivity contribution is 0.0204. The summed E-state index contributed by atoms with van der Waals surface area (Å²) in [6, 6.07) is 6.66. The van der Waals surface area contributed by atoms with Crippen LogP contribution in [0.2, 0.25) is 0 Å². The number of amides is 1. The van der Waals surface area contributed by atoms with Crippen molar-refractivity contribution in [3.05, 3.63) is 35.8 Å². The molecule has 1 fully saturated rings. The maximum Gasteiger partial charge on any atom is 0.410 e. The second kappa shape index (κ2) is 9.26. The van der Waals surface area contributed by atoms with Crippen molar-refractivity contribution in [2.24, 2.45) is 0 Å². The fraction of sp³-hybridized carbons (Fsp3) is 0.556. The molecule has 1 amide bonds. The first-order valence-electron chi connectivity index (χ1n) is 12.8. The molecule has 0 N–H and O–H groups in total. The van der Waals surface area contributed by atoms with E-state index in [-0.39, 0.29) is 12.1 Å². The second-order valence-corrected chi connectivity index (χ2v) is 11.0. The Bertz CT molecular complexity index is 1260. The molecule has 0 atom stereocenters. The summed E-state index contributed by atoms with van der Waals surface area (Å²) in [5.74, 6) is 3.66. The predicted octanol–water partition coefficient (Wildman–Crippen LogP) is 5.20. The van der Waals surface area contributed by atoms with Gasteiger partial charge in [-0.1, -0.05) is 6.07 Å². The first-order valence-corrected chi connectivity index (χ1v) is 12.8. The number of likely N-dealkylation sites (tertiary alicyclic amines) is 1. The van der Waals surface area contributed by atoms with Gasteiger partial charge in [-0.2, -0.15) is 5.10 Å². The molecule has 0 spiro atoms. The fourth-order valence-electron chi connectivity index (χ4n) is 4.95. The molecule has 0 aliphatic carbocycles. The highest BCUT2D eigenvalue weighted by Gasteiger charge is 2.29. The normalized spacial score (nSPS) is 16.4. The van der Waals surface area contributed by atoms with E-state index in [1.54, 1.807) is 0 Å². The van der Waals surface area contributed by atoms with Crippen LogP contribution in [0.4, 0.5) is 4.79 Å². The van der Waals surface area contributed by atoms with Gasteiger partial charge < -0.3 is 18.9 Å². The number of benzene rings is 1. The van der Waals surface area contributed by atoms with E-state index >= 15 is 0 Å². The number of carbonyl (C=O) groups excluding carboxylic acids is 1. The van der Waals surface area contributed by atoms with Gasteiger partial charge in [0.05, 0.1) is 12.1 Å². The Hall–Kier alpha value is -3.36. The second-order valence-electron chi connectivity index (χ2n) is 11.0. The van der Waals surface area contributed by atoms with E-state index in [1.165, 1.54) is 5.56 Å². The van der Waals surface area contributed by atoms with Crippen LogP contribution >= 0.6 is 0 Å². The van der Waals surface area contributed by atoms with E-state index in [0.29, 0.717) is 25.6 Å². The maximum absolute atomic E-state index is 12.4. The Kier molecular flexibility index (Phi) is 6.26. The van der Waals surface area contributed by atoms with Crippen molar-refractivity contribution in [3.63, 3.8) is 0 Å². The number of nitrogens with zero attached hydrogens (tertiary/aromatic N) is 6. The van der Waals surface area contributed by atoms with E-state index in [1.807, 2.05) is 37.3 Å². The maximum atomic E-state index is 12.4. The molecule has 0 unspecified atom stereocenters. The lowest BCUT2D eigenvalue weighted by Crippen LogP contribution is -2.41. The van der Waals surface area contributed by atoms with E-state index in [2.05, 4.69) is 52.9 Å². The summed E-state index contributed by atoms with van der Waals surface area (Å²) >= 11 is 0. The van der Waals surface area contributed by atoms with E-state index in [9.17, 15) is 4.79 Å². The number of ether oxygens (including phenoxy) is 2. The number of fused-ring (bicyclic) bond motifs is 3. The number of piperidine rings is 1. The van der Waals surface area contributed by atoms with Gasteiger partial charge in [-0.15, -0.1) is 0 Å². The van der Waals surface area contributed by atoms with Crippen LogP contribution in [-0.4, -0.2) is 60.6 Å². The van der Waals surface area contributed by atoms with Crippen LogP contribution in [0.3, 0.4) is 0 Å². The van der Waals surface area contributed by atoms with E-state index in [4.69, 9.17) is 14.5 Å². The number of carbonyl (C=O) groups is 1. The first-order chi connectivity index (χ1) is 17.1. The number of hydrogen-bond acceptors (Lipinski definition) is 6. The van der Waals surface area contributed by atoms with Gasteiger partial charge in [0, 0.05) is 25.3 Å². The average molecular weight is 493 g/mol. The highest BCUT2D eigenvalue weighted by Crippen LogP contribution is 2.38. The minimum Gasteiger partial charge on any atom is -0.491 e. The van der Waals surface area contributed by atoms with Gasteiger partial charge in [0.1, 0.15) is 35.3 Å². The molecular formula is C27H36N6O3. The molecule has 1 saturated heterocycles. The largest absolute Gasteiger partial charge is 0.491 e. The molecule has 192 valence electrons. The number of rotatable bonds is 3. The Balaban J connectivity index is 1.36. The topological polar surface area (TPSA) is 87.3 Å². The Morgan fingerprint density at radius 1 is 1.11 bits per heavy atom. The van der Waals surface area contributed by atoms with Gasteiger partial charge in [-0.25, -0.2) is 19.4 Å². The van der Waals surface area contributed by atoms with Crippen molar-refractivity contribution in [2.45, 2.75) is 78.5 Å². The molecular weight excluding hydrogens is 456 g/mol. The number of imidazole rings is 1. The molecule has 36 heavy (non-hydrogen) atoms. The van der Waals surface area contributed by atoms with Gasteiger partial charge in [0.2, 0.25) is 0 Å². The summed E-state index contributed by atoms with van der Waals surface area (Å²) in [6.45, 7) is 14.5. The third-order valence-electron chi connectivity index (χ3n) is 6.69. The van der Waals surface area contributed by atoms with Crippen molar-refractivity contribution in [1.29, 1.82) is 0 Å². The standard InChI is InChI=1S/C27H36N6O3/c1-17(2)33-25(28-18(3)30-33)22-16-32-13-14-35-23-15-20(7-8-21(23)24(32)29-22)19-9-11-31(12-10-19)26(34)36-27(4,5)6/h7-8,15-17,19H,9-14H2,1-6H3. The average Bonchev–Trinajstić information content (AvgIpc) is 3.37. The van der Waals surface area contributed by atoms with Crippen molar-refractivity contribution in [1.82, 2.24) is 29.2 Å². The fourth-order valence-corrected chi connectivity index (χ4v) is 4.95. The Morgan fingerprint density at radius 3 is 2.56 bits per heavy atom. The van der Waals surface area contributed by atoms with Crippen LogP contribution in [0.25, 0.3) is 22.9 Å². The third-order valence-corrected chi connectivity index (χ3v) is 6.69. The van der Waals surface area contributed by atoms with Crippen molar-refractivity contribution < 1.29 is 14.3 Å². The third kappa shape index (κ3) is 4.83. The summed E-state index contributed by atoms with van der Waals surface area (Å²) in [7, 11) is 0. The SMILES string of the molecule is Cc1nc(-c2cn3c(n2)-c2ccc(C4CCN(C(=O)OC(C)(C)C)CC4)cc2OCC3)n(C(C)C)n1. The van der Waals surface area contributed by atoms with Gasteiger partial charge in [-0.3, -0.25) is 0 Å². The lowest BCUT2D eigenvalue weighted by atomic mass is 9.89. The minimum atomic E-state index is -0.475. The van der Waals surface area contributed by atoms with Crippen LogP contribution < -0.4 is 4.74 Å². The van der Waals surface area contributed by atoms with Crippen LogP contribution in [0.1, 0.15) is 70.8 Å². The van der Waals surface area contributed by atoms with Crippen LogP contribution in [0.5, 0.6) is 5.75 Å². The van der Waals surface area contributed by atoms with Crippen LogP contribution in [0, 0.1) is 6.92 Å². The van der Waals surface area contributed by atoms with E-state index < -0.39 is 5.60 Å². The van der Waals surface area contributed by atoms with Gasteiger partial charge in [-0.05, 0) is 78.0 Å². The van der Waals surface area contributed by atoms with E-state index in [0.717, 1.165) is 53.9 Å². The molecule has 0 bridgehead atoms. The van der Waals surface area contributed by atoms with Gasteiger partial charge >= 0.3 is 6.09 Å². The molecule has 2 aliphatic rings. The van der Waals surface area contributed by atoms with Crippen molar-refractivity contribution in [2.75, 3.05) is 19.7 Å². The molecule has 3 aromatic rings. The summed E-state index contributed by atoms with van der Waals surface area (Å²) in [4.78, 5) is 23.9. The van der Waals surface area contributed by atoms with Crippen LogP contribution in [-0.2, 0) is 11.3 Å². The molecule has 4 heterocycles. The first kappa shape index (κ1) is 24.3. The number of aryl methyl sites for hydroxylation is 1. The zero-order valence-electron chi connectivity index (χ0n) is 22.1. The molecule has 2 aromatic heterocycles. The molecule has 9 heteroatoms. The van der Waals surface area contributed by atoms with Gasteiger partial charge in [0.25, 0.3) is 0 Å². The lowest BCUT2D eigenvalue weighted by Gasteiger charge is -2.33. The predicted molar refractivity (Wildman–Crippen MR) is 137 cm³/mol. The monoisotopic (exact) mass is 492 g/mol. The molecule has 2 aliphatic heterocycles. The Labute approximate surface area is 212 Å². The molecule has 5 rings (SSSR count). The quantitative estimate of drug-likeness (QED) is 0.499. The molecule has 0 saturated carbocycles. The minimum absolute atomic E-state index is 0.197. The highest BCUT2D eigenvalue weighted by molar-refractivity contribution is 5.69. The number of aromatic nitrogens is 5. The molecule has 0 radical (unpaired) electrons. The van der Waals surface area contributed by atoms with Gasteiger partial charge in [0.15, 0.2) is 5.82 Å².